The van der Waals surface area contributed by atoms with E-state index in [1.807, 2.05) is 0 Å². The molecular formula is C22H33FN4O5S. The van der Waals surface area contributed by atoms with Crippen LogP contribution in [0.15, 0.2) is 23.1 Å². The number of carbonyl (C=O) groups is 2. The molecule has 0 aromatic heterocycles. The second kappa shape index (κ2) is 11.9. The lowest BCUT2D eigenvalue weighted by Gasteiger charge is -2.34. The first-order valence-corrected chi connectivity index (χ1v) is 12.9. The number of ether oxygens (including phenoxy) is 1. The largest absolute Gasteiger partial charge is 0.379 e. The molecule has 1 aromatic rings. The summed E-state index contributed by atoms with van der Waals surface area (Å²) in [6.45, 7) is 6.07. The Morgan fingerprint density at radius 3 is 2.48 bits per heavy atom. The molecule has 9 nitrogen and oxygen atoms in total. The summed E-state index contributed by atoms with van der Waals surface area (Å²) >= 11 is 0. The number of hydrogen-bond donors (Lipinski definition) is 2. The normalized spacial score (nSPS) is 20.4. The standard InChI is InChI=1S/C22H33FN4O5S/c1-17-16-19(5-6-20(17)23)33(30,31)27-10-3-2-4-18(27)7-8-24-21(28)22(29)25-9-11-26-12-14-32-15-13-26/h5-6,16,18H,2-4,7-15H2,1H3,(H,24,28)(H,25,29)/t18-/m1/s1. The lowest BCUT2D eigenvalue weighted by atomic mass is 10.0. The number of halogens is 1. The fourth-order valence-corrected chi connectivity index (χ4v) is 5.97. The predicted molar refractivity (Wildman–Crippen MR) is 121 cm³/mol. The first-order chi connectivity index (χ1) is 15.8. The van der Waals surface area contributed by atoms with Gasteiger partial charge in [-0.05, 0) is 49.9 Å². The van der Waals surface area contributed by atoms with Crippen LogP contribution < -0.4 is 10.6 Å². The highest BCUT2D eigenvalue weighted by atomic mass is 32.2. The molecule has 0 saturated carbocycles. The molecule has 2 amide bonds. The molecule has 0 unspecified atom stereocenters. The van der Waals surface area contributed by atoms with Crippen molar-refractivity contribution in [1.82, 2.24) is 19.8 Å². The van der Waals surface area contributed by atoms with Gasteiger partial charge in [-0.2, -0.15) is 4.31 Å². The number of carbonyl (C=O) groups excluding carboxylic acids is 2. The summed E-state index contributed by atoms with van der Waals surface area (Å²) in [4.78, 5) is 26.4. The van der Waals surface area contributed by atoms with E-state index >= 15 is 0 Å². The monoisotopic (exact) mass is 484 g/mol. The Labute approximate surface area is 194 Å². The SMILES string of the molecule is Cc1cc(S(=O)(=O)N2CCCC[C@@H]2CCNC(=O)C(=O)NCCN2CCOCC2)ccc1F. The average molecular weight is 485 g/mol. The van der Waals surface area contributed by atoms with Crippen molar-refractivity contribution in [2.75, 3.05) is 52.5 Å². The topological polar surface area (TPSA) is 108 Å². The number of nitrogens with zero attached hydrogens (tertiary/aromatic N) is 2. The molecule has 0 radical (unpaired) electrons. The smallest absolute Gasteiger partial charge is 0.309 e. The van der Waals surface area contributed by atoms with Gasteiger partial charge in [-0.3, -0.25) is 14.5 Å². The minimum Gasteiger partial charge on any atom is -0.379 e. The highest BCUT2D eigenvalue weighted by Crippen LogP contribution is 2.27. The van der Waals surface area contributed by atoms with Crippen LogP contribution in [0, 0.1) is 12.7 Å². The molecule has 2 aliphatic rings. The minimum atomic E-state index is -3.78. The van der Waals surface area contributed by atoms with E-state index < -0.39 is 27.7 Å². The first kappa shape index (κ1) is 25.5. The third-order valence-corrected chi connectivity index (χ3v) is 8.04. The van der Waals surface area contributed by atoms with Crippen molar-refractivity contribution in [2.45, 2.75) is 43.5 Å². The van der Waals surface area contributed by atoms with Crippen molar-refractivity contribution in [1.29, 1.82) is 0 Å². The van der Waals surface area contributed by atoms with Crippen molar-refractivity contribution in [3.05, 3.63) is 29.6 Å². The summed E-state index contributed by atoms with van der Waals surface area (Å²) in [7, 11) is -3.78. The highest BCUT2D eigenvalue weighted by molar-refractivity contribution is 7.89. The summed E-state index contributed by atoms with van der Waals surface area (Å²) < 4.78 is 46.6. The Hall–Kier alpha value is -2.08. The Balaban J connectivity index is 1.48. The van der Waals surface area contributed by atoms with E-state index in [-0.39, 0.29) is 23.0 Å². The van der Waals surface area contributed by atoms with Crippen LogP contribution in [0.2, 0.25) is 0 Å². The average Bonchev–Trinajstić information content (AvgIpc) is 2.81. The van der Waals surface area contributed by atoms with E-state index in [1.165, 1.54) is 29.4 Å². The molecule has 2 aliphatic heterocycles. The van der Waals surface area contributed by atoms with Crippen molar-refractivity contribution in [3.63, 3.8) is 0 Å². The summed E-state index contributed by atoms with van der Waals surface area (Å²) in [5, 5.41) is 5.20. The zero-order valence-electron chi connectivity index (χ0n) is 19.0. The molecule has 3 rings (SSSR count). The van der Waals surface area contributed by atoms with Crippen LogP contribution in [0.3, 0.4) is 0 Å². The minimum absolute atomic E-state index is 0.0666. The second-order valence-corrected chi connectivity index (χ2v) is 10.3. The molecule has 2 heterocycles. The van der Waals surface area contributed by atoms with Crippen molar-refractivity contribution in [2.24, 2.45) is 0 Å². The molecule has 0 spiro atoms. The zero-order chi connectivity index (χ0) is 23.8. The van der Waals surface area contributed by atoms with Gasteiger partial charge in [-0.1, -0.05) is 6.42 Å². The van der Waals surface area contributed by atoms with E-state index in [1.54, 1.807) is 0 Å². The zero-order valence-corrected chi connectivity index (χ0v) is 19.8. The quantitative estimate of drug-likeness (QED) is 0.524. The molecule has 2 saturated heterocycles. The third-order valence-electron chi connectivity index (χ3n) is 6.10. The number of nitrogens with one attached hydrogen (secondary N) is 2. The lowest BCUT2D eigenvalue weighted by molar-refractivity contribution is -0.139. The second-order valence-electron chi connectivity index (χ2n) is 8.43. The van der Waals surface area contributed by atoms with Gasteiger partial charge in [0.15, 0.2) is 0 Å². The van der Waals surface area contributed by atoms with Gasteiger partial charge in [0.05, 0.1) is 18.1 Å². The van der Waals surface area contributed by atoms with E-state index in [0.717, 1.165) is 25.9 Å². The van der Waals surface area contributed by atoms with E-state index in [2.05, 4.69) is 15.5 Å². The summed E-state index contributed by atoms with van der Waals surface area (Å²) in [6.07, 6.45) is 2.69. The molecule has 11 heteroatoms. The lowest BCUT2D eigenvalue weighted by Crippen LogP contribution is -2.47. The first-order valence-electron chi connectivity index (χ1n) is 11.4. The molecule has 184 valence electrons. The van der Waals surface area contributed by atoms with Crippen LogP contribution >= 0.6 is 0 Å². The van der Waals surface area contributed by atoms with Crippen LogP contribution in [-0.4, -0.2) is 88.0 Å². The van der Waals surface area contributed by atoms with Crippen molar-refractivity contribution >= 4 is 21.8 Å². The van der Waals surface area contributed by atoms with E-state index in [0.29, 0.717) is 45.7 Å². The number of amides is 2. The van der Waals surface area contributed by atoms with Crippen LogP contribution in [0.4, 0.5) is 4.39 Å². The number of rotatable bonds is 8. The molecule has 2 fully saturated rings. The maximum absolute atomic E-state index is 13.6. The highest BCUT2D eigenvalue weighted by Gasteiger charge is 2.33. The van der Waals surface area contributed by atoms with Gasteiger partial charge in [0.25, 0.3) is 0 Å². The molecule has 1 atom stereocenters. The van der Waals surface area contributed by atoms with Gasteiger partial charge in [0.1, 0.15) is 5.82 Å². The molecule has 0 bridgehead atoms. The number of benzene rings is 1. The number of aryl methyl sites for hydroxylation is 1. The van der Waals surface area contributed by atoms with Gasteiger partial charge >= 0.3 is 11.8 Å². The predicted octanol–water partition coefficient (Wildman–Crippen LogP) is 0.632. The summed E-state index contributed by atoms with van der Waals surface area (Å²) in [5.74, 6) is -1.87. The Bertz CT molecular complexity index is 937. The number of sulfonamides is 1. The van der Waals surface area contributed by atoms with E-state index in [9.17, 15) is 22.4 Å². The fourth-order valence-electron chi connectivity index (χ4n) is 4.16. The Kier molecular flexibility index (Phi) is 9.19. The van der Waals surface area contributed by atoms with Gasteiger partial charge in [-0.25, -0.2) is 12.8 Å². The fraction of sp³-hybridized carbons (Fsp3) is 0.636. The van der Waals surface area contributed by atoms with Gasteiger partial charge in [0.2, 0.25) is 10.0 Å². The van der Waals surface area contributed by atoms with Crippen LogP contribution in [0.1, 0.15) is 31.2 Å². The molecule has 2 N–H and O–H groups in total. The maximum atomic E-state index is 13.6. The summed E-state index contributed by atoms with van der Waals surface area (Å²) in [6, 6.07) is 3.50. The summed E-state index contributed by atoms with van der Waals surface area (Å²) in [5.41, 5.74) is 0.275. The molecule has 0 aliphatic carbocycles. The molecular weight excluding hydrogens is 451 g/mol. The number of morpholine rings is 1. The van der Waals surface area contributed by atoms with Crippen LogP contribution in [0.25, 0.3) is 0 Å². The third kappa shape index (κ3) is 6.95. The molecule has 33 heavy (non-hydrogen) atoms. The van der Waals surface area contributed by atoms with Gasteiger partial charge < -0.3 is 15.4 Å². The number of hydrogen-bond acceptors (Lipinski definition) is 6. The Morgan fingerprint density at radius 1 is 1.09 bits per heavy atom. The maximum Gasteiger partial charge on any atom is 0.309 e. The van der Waals surface area contributed by atoms with Gasteiger partial charge in [-0.15, -0.1) is 0 Å². The molecule has 1 aromatic carbocycles. The van der Waals surface area contributed by atoms with Gasteiger partial charge in [0, 0.05) is 45.3 Å². The Morgan fingerprint density at radius 2 is 1.79 bits per heavy atom. The van der Waals surface area contributed by atoms with E-state index in [4.69, 9.17) is 4.74 Å². The van der Waals surface area contributed by atoms with Crippen LogP contribution in [-0.2, 0) is 24.3 Å². The van der Waals surface area contributed by atoms with Crippen molar-refractivity contribution < 1.29 is 27.1 Å². The number of piperidine rings is 1. The van der Waals surface area contributed by atoms with Crippen molar-refractivity contribution in [3.8, 4) is 0 Å². The van der Waals surface area contributed by atoms with Crippen LogP contribution in [0.5, 0.6) is 0 Å².